The lowest BCUT2D eigenvalue weighted by Gasteiger charge is -2.31. The number of piperidine rings is 1. The number of nitrogens with one attached hydrogen (secondary N) is 2. The molecule has 164 valence electrons. The number of amides is 2. The van der Waals surface area contributed by atoms with Gasteiger partial charge >= 0.3 is 0 Å². The third kappa shape index (κ3) is 4.53. The topological polar surface area (TPSA) is 105 Å². The fourth-order valence-electron chi connectivity index (χ4n) is 3.70. The lowest BCUT2D eigenvalue weighted by Crippen LogP contribution is -2.43. The van der Waals surface area contributed by atoms with E-state index in [4.69, 9.17) is 16.3 Å². The van der Waals surface area contributed by atoms with Crippen molar-refractivity contribution in [1.82, 2.24) is 4.31 Å². The van der Waals surface area contributed by atoms with Crippen LogP contribution in [0.4, 0.5) is 11.4 Å². The molecule has 0 saturated carbocycles. The van der Waals surface area contributed by atoms with E-state index in [1.165, 1.54) is 22.5 Å². The summed E-state index contributed by atoms with van der Waals surface area (Å²) in [6, 6.07) is 9.69. The Hall–Kier alpha value is -2.62. The molecule has 31 heavy (non-hydrogen) atoms. The molecule has 2 aromatic rings. The van der Waals surface area contributed by atoms with E-state index in [0.717, 1.165) is 5.56 Å². The summed E-state index contributed by atoms with van der Waals surface area (Å²) in [6.07, 6.45) is 1.14. The summed E-state index contributed by atoms with van der Waals surface area (Å²) in [5, 5.41) is 5.86. The van der Waals surface area contributed by atoms with Gasteiger partial charge in [-0.2, -0.15) is 4.31 Å². The van der Waals surface area contributed by atoms with Crippen molar-refractivity contribution in [3.63, 3.8) is 0 Å². The minimum absolute atomic E-state index is 0.0414. The van der Waals surface area contributed by atoms with Crippen molar-refractivity contribution in [2.24, 2.45) is 5.92 Å². The van der Waals surface area contributed by atoms with Crippen molar-refractivity contribution in [1.29, 1.82) is 0 Å². The van der Waals surface area contributed by atoms with Gasteiger partial charge in [-0.1, -0.05) is 17.7 Å². The number of rotatable bonds is 4. The standard InChI is InChI=1S/C21H22ClN3O5S/c1-13-4-6-17(16(22)9-13)24-21(27)14-3-2-8-25(11-14)31(28,29)15-5-7-19-18(10-15)23-20(26)12-30-19/h4-7,9-10,14H,2-3,8,11-12H2,1H3,(H,23,26)(H,24,27)/t14-/m0/s1. The number of sulfonamides is 1. The zero-order valence-corrected chi connectivity index (χ0v) is 18.4. The first-order valence-corrected chi connectivity index (χ1v) is 11.7. The molecule has 1 fully saturated rings. The van der Waals surface area contributed by atoms with Crippen LogP contribution in [0.5, 0.6) is 5.75 Å². The molecule has 8 nitrogen and oxygen atoms in total. The van der Waals surface area contributed by atoms with Crippen LogP contribution in [-0.4, -0.2) is 44.2 Å². The quantitative estimate of drug-likeness (QED) is 0.725. The Morgan fingerprint density at radius 2 is 2.06 bits per heavy atom. The predicted molar refractivity (Wildman–Crippen MR) is 117 cm³/mol. The molecule has 2 N–H and O–H groups in total. The summed E-state index contributed by atoms with van der Waals surface area (Å²) in [4.78, 5) is 24.4. The monoisotopic (exact) mass is 463 g/mol. The van der Waals surface area contributed by atoms with Gasteiger partial charge in [0, 0.05) is 13.1 Å². The largest absolute Gasteiger partial charge is 0.482 e. The number of ether oxygens (including phenoxy) is 1. The van der Waals surface area contributed by atoms with Gasteiger partial charge in [0.2, 0.25) is 15.9 Å². The highest BCUT2D eigenvalue weighted by atomic mass is 35.5. The van der Waals surface area contributed by atoms with Gasteiger partial charge in [-0.15, -0.1) is 0 Å². The highest BCUT2D eigenvalue weighted by Gasteiger charge is 2.34. The summed E-state index contributed by atoms with van der Waals surface area (Å²) < 4.78 is 33.0. The molecule has 0 spiro atoms. The molecule has 0 aromatic heterocycles. The van der Waals surface area contributed by atoms with Crippen LogP contribution in [-0.2, 0) is 19.6 Å². The third-order valence-corrected chi connectivity index (χ3v) is 7.53. The van der Waals surface area contributed by atoms with Gasteiger partial charge in [0.15, 0.2) is 6.61 Å². The molecule has 0 unspecified atom stereocenters. The van der Waals surface area contributed by atoms with Crippen molar-refractivity contribution in [3.8, 4) is 5.75 Å². The second-order valence-electron chi connectivity index (χ2n) is 7.67. The molecule has 4 rings (SSSR count). The van der Waals surface area contributed by atoms with Crippen LogP contribution >= 0.6 is 11.6 Å². The van der Waals surface area contributed by atoms with Crippen LogP contribution in [0.25, 0.3) is 0 Å². The first-order chi connectivity index (χ1) is 14.7. The van der Waals surface area contributed by atoms with E-state index < -0.39 is 15.9 Å². The molecule has 2 aliphatic heterocycles. The van der Waals surface area contributed by atoms with Crippen LogP contribution in [0.3, 0.4) is 0 Å². The van der Waals surface area contributed by atoms with Crippen LogP contribution in [0.1, 0.15) is 18.4 Å². The van der Waals surface area contributed by atoms with Gasteiger partial charge in [-0.05, 0) is 55.7 Å². The Balaban J connectivity index is 1.50. The Labute approximate surface area is 185 Å². The van der Waals surface area contributed by atoms with Gasteiger partial charge in [0.25, 0.3) is 5.91 Å². The highest BCUT2D eigenvalue weighted by molar-refractivity contribution is 7.89. The number of hydrogen-bond acceptors (Lipinski definition) is 5. The summed E-state index contributed by atoms with van der Waals surface area (Å²) >= 11 is 6.20. The zero-order chi connectivity index (χ0) is 22.2. The van der Waals surface area contributed by atoms with Crippen LogP contribution in [0.2, 0.25) is 5.02 Å². The van der Waals surface area contributed by atoms with E-state index in [1.54, 1.807) is 12.1 Å². The second-order valence-corrected chi connectivity index (χ2v) is 10.0. The Bertz CT molecular complexity index is 1150. The van der Waals surface area contributed by atoms with Crippen molar-refractivity contribution in [3.05, 3.63) is 47.0 Å². The number of carbonyl (C=O) groups excluding carboxylic acids is 2. The van der Waals surface area contributed by atoms with E-state index >= 15 is 0 Å². The first-order valence-electron chi connectivity index (χ1n) is 9.88. The lowest BCUT2D eigenvalue weighted by molar-refractivity contribution is -0.121. The van der Waals surface area contributed by atoms with Gasteiger partial charge < -0.3 is 15.4 Å². The fourth-order valence-corrected chi connectivity index (χ4v) is 5.54. The molecule has 10 heteroatoms. The van der Waals surface area contributed by atoms with Crippen LogP contribution in [0.15, 0.2) is 41.3 Å². The molecule has 2 heterocycles. The molecule has 2 amide bonds. The molecule has 0 radical (unpaired) electrons. The van der Waals surface area contributed by atoms with E-state index in [9.17, 15) is 18.0 Å². The molecular weight excluding hydrogens is 442 g/mol. The van der Waals surface area contributed by atoms with Crippen LogP contribution < -0.4 is 15.4 Å². The summed E-state index contributed by atoms with van der Waals surface area (Å²) in [6.45, 7) is 2.18. The minimum Gasteiger partial charge on any atom is -0.482 e. The molecule has 1 saturated heterocycles. The smallest absolute Gasteiger partial charge is 0.262 e. The van der Waals surface area contributed by atoms with E-state index in [2.05, 4.69) is 10.6 Å². The molecule has 2 aliphatic rings. The van der Waals surface area contributed by atoms with Crippen molar-refractivity contribution in [2.45, 2.75) is 24.7 Å². The van der Waals surface area contributed by atoms with E-state index in [0.29, 0.717) is 41.5 Å². The first kappa shape index (κ1) is 21.6. The maximum absolute atomic E-state index is 13.2. The molecule has 0 bridgehead atoms. The van der Waals surface area contributed by atoms with E-state index in [1.807, 2.05) is 13.0 Å². The molecule has 1 atom stereocenters. The van der Waals surface area contributed by atoms with Gasteiger partial charge in [0.1, 0.15) is 5.75 Å². The lowest BCUT2D eigenvalue weighted by atomic mass is 9.98. The van der Waals surface area contributed by atoms with Gasteiger partial charge in [-0.25, -0.2) is 8.42 Å². The Kier molecular flexibility index (Phi) is 5.92. The number of nitrogens with zero attached hydrogens (tertiary/aromatic N) is 1. The number of halogens is 1. The minimum atomic E-state index is -3.85. The fraction of sp³-hybridized carbons (Fsp3) is 0.333. The Morgan fingerprint density at radius 1 is 1.26 bits per heavy atom. The summed E-state index contributed by atoms with van der Waals surface area (Å²) in [5.74, 6) is -0.686. The number of hydrogen-bond donors (Lipinski definition) is 2. The third-order valence-electron chi connectivity index (χ3n) is 5.36. The maximum atomic E-state index is 13.2. The van der Waals surface area contributed by atoms with Gasteiger partial charge in [-0.3, -0.25) is 9.59 Å². The average Bonchev–Trinajstić information content (AvgIpc) is 2.75. The molecular formula is C21H22ClN3O5S. The van der Waals surface area contributed by atoms with Crippen molar-refractivity contribution < 1.29 is 22.7 Å². The number of anilines is 2. The van der Waals surface area contributed by atoms with Gasteiger partial charge in [0.05, 0.1) is 27.2 Å². The molecule has 0 aliphatic carbocycles. The number of carbonyl (C=O) groups is 2. The number of aryl methyl sites for hydroxylation is 1. The predicted octanol–water partition coefficient (Wildman–Crippen LogP) is 3.02. The average molecular weight is 464 g/mol. The second kappa shape index (κ2) is 8.49. The number of fused-ring (bicyclic) bond motifs is 1. The van der Waals surface area contributed by atoms with Crippen LogP contribution in [0, 0.1) is 12.8 Å². The molecule has 2 aromatic carbocycles. The van der Waals surface area contributed by atoms with Crippen molar-refractivity contribution in [2.75, 3.05) is 30.3 Å². The maximum Gasteiger partial charge on any atom is 0.262 e. The van der Waals surface area contributed by atoms with E-state index in [-0.39, 0.29) is 29.9 Å². The SMILES string of the molecule is Cc1ccc(NC(=O)[C@H]2CCCN(S(=O)(=O)c3ccc4c(c3)NC(=O)CO4)C2)c(Cl)c1. The van der Waals surface area contributed by atoms with Crippen molar-refractivity contribution >= 4 is 44.8 Å². The zero-order valence-electron chi connectivity index (χ0n) is 16.9. The Morgan fingerprint density at radius 3 is 2.84 bits per heavy atom. The summed E-state index contributed by atoms with van der Waals surface area (Å²) in [5.41, 5.74) is 1.80. The summed E-state index contributed by atoms with van der Waals surface area (Å²) in [7, 11) is -3.85. The number of benzene rings is 2. The highest BCUT2D eigenvalue weighted by Crippen LogP contribution is 2.33. The normalized spacial score (nSPS) is 19.2.